The summed E-state index contributed by atoms with van der Waals surface area (Å²) in [5.41, 5.74) is 5.96. The number of nitrogens with zero attached hydrogens (tertiary/aromatic N) is 1. The van der Waals surface area contributed by atoms with Gasteiger partial charge in [-0.2, -0.15) is 5.26 Å². The van der Waals surface area contributed by atoms with Crippen molar-refractivity contribution in [1.82, 2.24) is 0 Å². The van der Waals surface area contributed by atoms with Gasteiger partial charge in [-0.25, -0.2) is 4.39 Å². The smallest absolute Gasteiger partial charge is 0.143 e. The molecule has 0 atom stereocenters. The molecule has 0 heterocycles. The first-order valence-corrected chi connectivity index (χ1v) is 3.65. The first kappa shape index (κ1) is 8.98. The highest BCUT2D eigenvalue weighted by molar-refractivity contribution is 6.31. The van der Waals surface area contributed by atoms with Gasteiger partial charge in [0.15, 0.2) is 0 Å². The molecule has 0 spiro atoms. The number of nitrogens with two attached hydrogens (primary N) is 1. The van der Waals surface area contributed by atoms with Crippen molar-refractivity contribution in [2.75, 3.05) is 0 Å². The van der Waals surface area contributed by atoms with Crippen molar-refractivity contribution in [3.8, 4) is 6.07 Å². The lowest BCUT2D eigenvalue weighted by Crippen LogP contribution is -1.98. The summed E-state index contributed by atoms with van der Waals surface area (Å²) in [4.78, 5) is 0. The SMILES string of the molecule is N#Cc1cc(CN)cc(F)c1Cl. The average Bonchev–Trinajstić information content (AvgIpc) is 2.09. The minimum Gasteiger partial charge on any atom is -0.326 e. The number of halogens is 2. The Balaban J connectivity index is 3.31. The zero-order valence-electron chi connectivity index (χ0n) is 6.14. The molecule has 0 amide bonds. The van der Waals surface area contributed by atoms with Gasteiger partial charge in [0.05, 0.1) is 10.6 Å². The van der Waals surface area contributed by atoms with E-state index in [1.54, 1.807) is 6.07 Å². The highest BCUT2D eigenvalue weighted by Gasteiger charge is 2.07. The van der Waals surface area contributed by atoms with E-state index in [0.717, 1.165) is 0 Å². The van der Waals surface area contributed by atoms with Gasteiger partial charge in [-0.3, -0.25) is 0 Å². The predicted octanol–water partition coefficient (Wildman–Crippen LogP) is 1.81. The van der Waals surface area contributed by atoms with Crippen molar-refractivity contribution in [2.45, 2.75) is 6.54 Å². The summed E-state index contributed by atoms with van der Waals surface area (Å²) in [7, 11) is 0. The molecular weight excluding hydrogens is 179 g/mol. The van der Waals surface area contributed by atoms with Crippen molar-refractivity contribution in [1.29, 1.82) is 5.26 Å². The van der Waals surface area contributed by atoms with E-state index in [1.807, 2.05) is 0 Å². The Morgan fingerprint density at radius 3 is 2.75 bits per heavy atom. The summed E-state index contributed by atoms with van der Waals surface area (Å²) in [6.07, 6.45) is 0. The van der Waals surface area contributed by atoms with Gasteiger partial charge in [-0.05, 0) is 17.7 Å². The molecule has 4 heteroatoms. The standard InChI is InChI=1S/C8H6ClFN2/c9-8-6(4-12)1-5(3-11)2-7(8)10/h1-2H,3,11H2. The Labute approximate surface area is 74.4 Å². The van der Waals surface area contributed by atoms with Crippen LogP contribution >= 0.6 is 11.6 Å². The van der Waals surface area contributed by atoms with Crippen molar-refractivity contribution in [3.05, 3.63) is 34.1 Å². The van der Waals surface area contributed by atoms with E-state index in [1.165, 1.54) is 12.1 Å². The Morgan fingerprint density at radius 1 is 1.58 bits per heavy atom. The molecule has 0 aliphatic rings. The lowest BCUT2D eigenvalue weighted by atomic mass is 10.1. The number of hydrogen-bond acceptors (Lipinski definition) is 2. The molecule has 1 aromatic carbocycles. The van der Waals surface area contributed by atoms with Crippen LogP contribution in [0, 0.1) is 17.1 Å². The fourth-order valence-electron chi connectivity index (χ4n) is 0.844. The van der Waals surface area contributed by atoms with E-state index in [0.29, 0.717) is 5.56 Å². The van der Waals surface area contributed by atoms with E-state index in [9.17, 15) is 4.39 Å². The first-order valence-electron chi connectivity index (χ1n) is 3.27. The number of benzene rings is 1. The molecule has 2 N–H and O–H groups in total. The molecule has 0 fully saturated rings. The van der Waals surface area contributed by atoms with Gasteiger partial charge < -0.3 is 5.73 Å². The van der Waals surface area contributed by atoms with Gasteiger partial charge >= 0.3 is 0 Å². The number of nitriles is 1. The third-order valence-electron chi connectivity index (χ3n) is 1.44. The van der Waals surface area contributed by atoms with Crippen LogP contribution in [0.4, 0.5) is 4.39 Å². The normalized spacial score (nSPS) is 9.50. The summed E-state index contributed by atoms with van der Waals surface area (Å²) >= 11 is 5.48. The Morgan fingerprint density at radius 2 is 2.25 bits per heavy atom. The average molecular weight is 185 g/mol. The maximum absolute atomic E-state index is 12.9. The van der Waals surface area contributed by atoms with Crippen molar-refractivity contribution in [2.24, 2.45) is 5.73 Å². The Hall–Kier alpha value is -1.11. The minimum absolute atomic E-state index is 0.122. The lowest BCUT2D eigenvalue weighted by molar-refractivity contribution is 0.625. The molecule has 0 aliphatic carbocycles. The second-order valence-corrected chi connectivity index (χ2v) is 2.63. The fourth-order valence-corrected chi connectivity index (χ4v) is 0.996. The zero-order chi connectivity index (χ0) is 9.14. The topological polar surface area (TPSA) is 49.8 Å². The van der Waals surface area contributed by atoms with Crippen LogP contribution in [-0.4, -0.2) is 0 Å². The maximum Gasteiger partial charge on any atom is 0.143 e. The molecular formula is C8H6ClFN2. The molecule has 0 bridgehead atoms. The molecule has 0 radical (unpaired) electrons. The van der Waals surface area contributed by atoms with Crippen LogP contribution < -0.4 is 5.73 Å². The van der Waals surface area contributed by atoms with Crippen LogP contribution in [-0.2, 0) is 6.54 Å². The van der Waals surface area contributed by atoms with Gasteiger partial charge in [0.2, 0.25) is 0 Å². The maximum atomic E-state index is 12.9. The lowest BCUT2D eigenvalue weighted by Gasteiger charge is -2.00. The third kappa shape index (κ3) is 1.55. The van der Waals surface area contributed by atoms with Crippen LogP contribution in [0.3, 0.4) is 0 Å². The summed E-state index contributed by atoms with van der Waals surface area (Å²) in [5, 5.41) is 8.38. The highest BCUT2D eigenvalue weighted by Crippen LogP contribution is 2.20. The van der Waals surface area contributed by atoms with Crippen LogP contribution in [0.2, 0.25) is 5.02 Å². The van der Waals surface area contributed by atoms with E-state index in [4.69, 9.17) is 22.6 Å². The Kier molecular flexibility index (Phi) is 2.64. The van der Waals surface area contributed by atoms with Gasteiger partial charge in [-0.15, -0.1) is 0 Å². The molecule has 62 valence electrons. The van der Waals surface area contributed by atoms with E-state index < -0.39 is 5.82 Å². The molecule has 0 aromatic heterocycles. The van der Waals surface area contributed by atoms with E-state index >= 15 is 0 Å². The molecule has 0 unspecified atom stereocenters. The van der Waals surface area contributed by atoms with Crippen LogP contribution in [0.5, 0.6) is 0 Å². The third-order valence-corrected chi connectivity index (χ3v) is 1.83. The van der Waals surface area contributed by atoms with Gasteiger partial charge in [0.1, 0.15) is 11.9 Å². The van der Waals surface area contributed by atoms with Gasteiger partial charge in [-0.1, -0.05) is 11.6 Å². The molecule has 2 nitrogen and oxygen atoms in total. The summed E-state index contributed by atoms with van der Waals surface area (Å²) in [6, 6.07) is 4.49. The fraction of sp³-hybridized carbons (Fsp3) is 0.125. The predicted molar refractivity (Wildman–Crippen MR) is 44.0 cm³/mol. The van der Waals surface area contributed by atoms with Crippen LogP contribution in [0.1, 0.15) is 11.1 Å². The Bertz CT molecular complexity index is 344. The minimum atomic E-state index is -0.601. The van der Waals surface area contributed by atoms with E-state index in [-0.39, 0.29) is 17.1 Å². The number of rotatable bonds is 1. The monoisotopic (exact) mass is 184 g/mol. The molecule has 12 heavy (non-hydrogen) atoms. The van der Waals surface area contributed by atoms with Crippen molar-refractivity contribution >= 4 is 11.6 Å². The molecule has 1 rings (SSSR count). The van der Waals surface area contributed by atoms with Gasteiger partial charge in [0, 0.05) is 6.54 Å². The second kappa shape index (κ2) is 3.53. The largest absolute Gasteiger partial charge is 0.326 e. The molecule has 0 saturated heterocycles. The van der Waals surface area contributed by atoms with Crippen molar-refractivity contribution in [3.63, 3.8) is 0 Å². The van der Waals surface area contributed by atoms with Crippen LogP contribution in [0.25, 0.3) is 0 Å². The highest BCUT2D eigenvalue weighted by atomic mass is 35.5. The van der Waals surface area contributed by atoms with Crippen molar-refractivity contribution < 1.29 is 4.39 Å². The van der Waals surface area contributed by atoms with E-state index in [2.05, 4.69) is 0 Å². The molecule has 1 aromatic rings. The summed E-state index contributed by atoms with van der Waals surface area (Å²) < 4.78 is 12.9. The quantitative estimate of drug-likeness (QED) is 0.724. The van der Waals surface area contributed by atoms with Crippen LogP contribution in [0.15, 0.2) is 12.1 Å². The number of hydrogen-bond donors (Lipinski definition) is 1. The molecule has 0 saturated carbocycles. The summed E-state index contributed by atoms with van der Waals surface area (Å²) in [5.74, 6) is -0.601. The second-order valence-electron chi connectivity index (χ2n) is 2.26. The first-order chi connectivity index (χ1) is 5.69. The van der Waals surface area contributed by atoms with Gasteiger partial charge in [0.25, 0.3) is 0 Å². The zero-order valence-corrected chi connectivity index (χ0v) is 6.90. The molecule has 0 aliphatic heterocycles. The summed E-state index contributed by atoms with van der Waals surface area (Å²) in [6.45, 7) is 0.197.